The van der Waals surface area contributed by atoms with Gasteiger partial charge in [-0.15, -0.1) is 0 Å². The Morgan fingerprint density at radius 2 is 2.13 bits per heavy atom. The minimum Gasteiger partial charge on any atom is -0.347 e. The van der Waals surface area contributed by atoms with Crippen molar-refractivity contribution in [1.82, 2.24) is 0 Å². The molecule has 0 amide bonds. The van der Waals surface area contributed by atoms with Gasteiger partial charge in [-0.1, -0.05) is 6.08 Å². The predicted molar refractivity (Wildman–Crippen MR) is 60.8 cm³/mol. The van der Waals surface area contributed by atoms with Gasteiger partial charge in [0.05, 0.1) is 13.2 Å². The molecule has 80 valence electrons. The lowest BCUT2D eigenvalue weighted by atomic mass is 9.91. The van der Waals surface area contributed by atoms with Crippen LogP contribution in [0, 0.1) is 0 Å². The molecule has 0 atom stereocenters. The third-order valence-electron chi connectivity index (χ3n) is 3.14. The number of hydrogen-bond acceptors (Lipinski definition) is 3. The van der Waals surface area contributed by atoms with E-state index in [0.717, 1.165) is 32.5 Å². The number of hydrogen-bond donors (Lipinski definition) is 0. The van der Waals surface area contributed by atoms with E-state index in [4.69, 9.17) is 9.47 Å². The van der Waals surface area contributed by atoms with E-state index in [1.54, 1.807) is 11.3 Å². The fraction of sp³-hybridized carbons (Fsp3) is 0.500. The second-order valence-corrected chi connectivity index (χ2v) is 4.83. The van der Waals surface area contributed by atoms with Crippen molar-refractivity contribution in [2.24, 2.45) is 0 Å². The van der Waals surface area contributed by atoms with Crippen LogP contribution < -0.4 is 0 Å². The predicted octanol–water partition coefficient (Wildman–Crippen LogP) is 3.06. The van der Waals surface area contributed by atoms with Crippen molar-refractivity contribution in [2.45, 2.75) is 25.0 Å². The van der Waals surface area contributed by atoms with Crippen LogP contribution in [0.15, 0.2) is 22.9 Å². The van der Waals surface area contributed by atoms with Gasteiger partial charge < -0.3 is 9.47 Å². The van der Waals surface area contributed by atoms with Gasteiger partial charge in [-0.3, -0.25) is 0 Å². The summed E-state index contributed by atoms with van der Waals surface area (Å²) in [7, 11) is 0. The Kier molecular flexibility index (Phi) is 2.39. The van der Waals surface area contributed by atoms with Gasteiger partial charge >= 0.3 is 0 Å². The van der Waals surface area contributed by atoms with Crippen molar-refractivity contribution in [3.63, 3.8) is 0 Å². The maximum atomic E-state index is 5.68. The molecule has 0 bridgehead atoms. The Labute approximate surface area is 93.5 Å². The summed E-state index contributed by atoms with van der Waals surface area (Å²) in [6, 6.07) is 2.19. The van der Waals surface area contributed by atoms with Crippen molar-refractivity contribution in [2.75, 3.05) is 13.2 Å². The molecule has 3 heteroatoms. The average molecular weight is 222 g/mol. The molecule has 1 aromatic rings. The maximum absolute atomic E-state index is 5.68. The monoisotopic (exact) mass is 222 g/mol. The molecule has 3 rings (SSSR count). The van der Waals surface area contributed by atoms with E-state index in [2.05, 4.69) is 22.9 Å². The van der Waals surface area contributed by atoms with E-state index in [1.807, 2.05) is 0 Å². The quantitative estimate of drug-likeness (QED) is 0.727. The molecule has 2 aliphatic rings. The van der Waals surface area contributed by atoms with Gasteiger partial charge in [0.15, 0.2) is 5.79 Å². The number of allylic oxidation sites excluding steroid dienone is 1. The number of thiophene rings is 1. The molecular formula is C12H14O2S. The first-order chi connectivity index (χ1) is 7.38. The molecule has 1 aromatic heterocycles. The molecular weight excluding hydrogens is 208 g/mol. The molecule has 0 saturated carbocycles. The summed E-state index contributed by atoms with van der Waals surface area (Å²) >= 11 is 1.75. The molecule has 1 saturated heterocycles. The van der Waals surface area contributed by atoms with Crippen LogP contribution in [0.1, 0.15) is 24.8 Å². The SMILES string of the molecule is C1=C(c2ccsc2)CCC2(C1)OCCO2. The van der Waals surface area contributed by atoms with Gasteiger partial charge in [-0.2, -0.15) is 11.3 Å². The fourth-order valence-electron chi connectivity index (χ4n) is 2.28. The van der Waals surface area contributed by atoms with Crippen molar-refractivity contribution in [1.29, 1.82) is 0 Å². The van der Waals surface area contributed by atoms with Crippen LogP contribution in [-0.2, 0) is 9.47 Å². The van der Waals surface area contributed by atoms with Crippen LogP contribution in [0.25, 0.3) is 5.57 Å². The topological polar surface area (TPSA) is 18.5 Å². The summed E-state index contributed by atoms with van der Waals surface area (Å²) in [5.41, 5.74) is 2.81. The summed E-state index contributed by atoms with van der Waals surface area (Å²) in [6.07, 6.45) is 5.24. The zero-order valence-electron chi connectivity index (χ0n) is 8.57. The van der Waals surface area contributed by atoms with Crippen LogP contribution in [0.4, 0.5) is 0 Å². The third-order valence-corrected chi connectivity index (χ3v) is 3.82. The lowest BCUT2D eigenvalue weighted by molar-refractivity contribution is -0.159. The van der Waals surface area contributed by atoms with Crippen LogP contribution in [0.5, 0.6) is 0 Å². The highest BCUT2D eigenvalue weighted by Crippen LogP contribution is 2.38. The first-order valence-electron chi connectivity index (χ1n) is 5.38. The molecule has 2 heterocycles. The van der Waals surface area contributed by atoms with E-state index in [1.165, 1.54) is 11.1 Å². The minimum absolute atomic E-state index is 0.278. The van der Waals surface area contributed by atoms with Gasteiger partial charge in [0.2, 0.25) is 0 Å². The van der Waals surface area contributed by atoms with Crippen molar-refractivity contribution >= 4 is 16.9 Å². The molecule has 1 fully saturated rings. The van der Waals surface area contributed by atoms with Gasteiger partial charge in [-0.25, -0.2) is 0 Å². The Morgan fingerprint density at radius 1 is 1.27 bits per heavy atom. The second-order valence-electron chi connectivity index (χ2n) is 4.05. The lowest BCUT2D eigenvalue weighted by Gasteiger charge is -2.30. The van der Waals surface area contributed by atoms with E-state index < -0.39 is 0 Å². The molecule has 15 heavy (non-hydrogen) atoms. The van der Waals surface area contributed by atoms with Crippen molar-refractivity contribution in [3.05, 3.63) is 28.5 Å². The summed E-state index contributed by atoms with van der Waals surface area (Å²) in [4.78, 5) is 0. The van der Waals surface area contributed by atoms with Gasteiger partial charge in [0.1, 0.15) is 0 Å². The third kappa shape index (κ3) is 1.75. The van der Waals surface area contributed by atoms with Crippen LogP contribution >= 0.6 is 11.3 Å². The largest absolute Gasteiger partial charge is 0.347 e. The standard InChI is InChI=1S/C12H14O2S/c1-4-12(13-6-7-14-12)5-2-10(1)11-3-8-15-9-11/h1,3,8-9H,2,4-7H2. The minimum atomic E-state index is -0.278. The first kappa shape index (κ1) is 9.58. The Hall–Kier alpha value is -0.640. The summed E-state index contributed by atoms with van der Waals surface area (Å²) in [5.74, 6) is -0.278. The van der Waals surface area contributed by atoms with Crippen LogP contribution in [-0.4, -0.2) is 19.0 Å². The maximum Gasteiger partial charge on any atom is 0.172 e. The van der Waals surface area contributed by atoms with E-state index >= 15 is 0 Å². The highest BCUT2D eigenvalue weighted by molar-refractivity contribution is 7.08. The zero-order valence-corrected chi connectivity index (χ0v) is 9.39. The highest BCUT2D eigenvalue weighted by Gasteiger charge is 2.37. The smallest absolute Gasteiger partial charge is 0.172 e. The molecule has 0 aromatic carbocycles. The van der Waals surface area contributed by atoms with Gasteiger partial charge in [-0.05, 0) is 34.4 Å². The van der Waals surface area contributed by atoms with Gasteiger partial charge in [0.25, 0.3) is 0 Å². The normalized spacial score (nSPS) is 24.4. The number of rotatable bonds is 1. The Morgan fingerprint density at radius 3 is 2.73 bits per heavy atom. The molecule has 1 spiro atoms. The summed E-state index contributed by atoms with van der Waals surface area (Å²) in [6.45, 7) is 1.50. The van der Waals surface area contributed by atoms with E-state index in [-0.39, 0.29) is 5.79 Å². The molecule has 1 aliphatic heterocycles. The van der Waals surface area contributed by atoms with Crippen molar-refractivity contribution < 1.29 is 9.47 Å². The van der Waals surface area contributed by atoms with E-state index in [9.17, 15) is 0 Å². The van der Waals surface area contributed by atoms with Gasteiger partial charge in [0, 0.05) is 12.8 Å². The van der Waals surface area contributed by atoms with Crippen LogP contribution in [0.2, 0.25) is 0 Å². The zero-order chi connectivity index (χ0) is 10.1. The number of ether oxygens (including phenoxy) is 2. The summed E-state index contributed by atoms with van der Waals surface area (Å²) in [5, 5.41) is 4.34. The van der Waals surface area contributed by atoms with Crippen molar-refractivity contribution in [3.8, 4) is 0 Å². The highest BCUT2D eigenvalue weighted by atomic mass is 32.1. The lowest BCUT2D eigenvalue weighted by Crippen LogP contribution is -2.31. The van der Waals surface area contributed by atoms with E-state index in [0.29, 0.717) is 0 Å². The molecule has 0 N–H and O–H groups in total. The second kappa shape index (κ2) is 3.74. The Bertz CT molecular complexity index is 361. The molecule has 0 unspecified atom stereocenters. The molecule has 0 radical (unpaired) electrons. The first-order valence-corrected chi connectivity index (χ1v) is 6.32. The fourth-order valence-corrected chi connectivity index (χ4v) is 2.96. The molecule has 2 nitrogen and oxygen atoms in total. The average Bonchev–Trinajstić information content (AvgIpc) is 2.91. The Balaban J connectivity index is 1.78. The molecule has 1 aliphatic carbocycles. The van der Waals surface area contributed by atoms with Crippen LogP contribution in [0.3, 0.4) is 0 Å². The summed E-state index contributed by atoms with van der Waals surface area (Å²) < 4.78 is 11.4.